The van der Waals surface area contributed by atoms with Crippen LogP contribution in [-0.2, 0) is 14.4 Å². The minimum Gasteiger partial charge on any atom is -0.480 e. The number of hydrogen-bond acceptors (Lipinski definition) is 3. The molecule has 2 rings (SSSR count). The third-order valence-electron chi connectivity index (χ3n) is 4.12. The molecule has 100 valence electrons. The zero-order valence-electron chi connectivity index (χ0n) is 10.2. The van der Waals surface area contributed by atoms with Gasteiger partial charge >= 0.3 is 5.97 Å². The van der Waals surface area contributed by atoms with Crippen molar-refractivity contribution >= 4 is 17.8 Å². The molecule has 1 aliphatic carbocycles. The van der Waals surface area contributed by atoms with Gasteiger partial charge in [-0.05, 0) is 32.1 Å². The van der Waals surface area contributed by atoms with Gasteiger partial charge in [0.2, 0.25) is 11.8 Å². The highest BCUT2D eigenvalue weighted by atomic mass is 16.4. The number of amides is 2. The first-order valence-corrected chi connectivity index (χ1v) is 6.33. The van der Waals surface area contributed by atoms with E-state index in [1.807, 2.05) is 0 Å². The number of hydrogen-bond donors (Lipinski definition) is 2. The predicted octanol–water partition coefficient (Wildman–Crippen LogP) is 0.108. The van der Waals surface area contributed by atoms with E-state index in [1.165, 1.54) is 4.90 Å². The SMILES string of the molecule is NC(=O)C1CCCCN1C(=O)C1(C(=O)O)CCC1. The molecule has 1 unspecified atom stereocenters. The van der Waals surface area contributed by atoms with Crippen LogP contribution in [0.25, 0.3) is 0 Å². The fraction of sp³-hybridized carbons (Fsp3) is 0.750. The summed E-state index contributed by atoms with van der Waals surface area (Å²) in [7, 11) is 0. The Morgan fingerprint density at radius 3 is 2.28 bits per heavy atom. The summed E-state index contributed by atoms with van der Waals surface area (Å²) in [5, 5.41) is 9.25. The number of carboxylic acid groups (broad SMARTS) is 1. The highest BCUT2D eigenvalue weighted by Gasteiger charge is 2.54. The molecule has 1 saturated heterocycles. The number of carboxylic acids is 1. The van der Waals surface area contributed by atoms with Crippen molar-refractivity contribution in [1.29, 1.82) is 0 Å². The van der Waals surface area contributed by atoms with Crippen molar-refractivity contribution in [2.45, 2.75) is 44.6 Å². The van der Waals surface area contributed by atoms with Crippen LogP contribution in [0.15, 0.2) is 0 Å². The first kappa shape index (κ1) is 12.9. The van der Waals surface area contributed by atoms with E-state index >= 15 is 0 Å². The number of primary amides is 1. The van der Waals surface area contributed by atoms with Gasteiger partial charge in [0.15, 0.2) is 0 Å². The van der Waals surface area contributed by atoms with Crippen LogP contribution in [0.2, 0.25) is 0 Å². The number of nitrogens with zero attached hydrogens (tertiary/aromatic N) is 1. The van der Waals surface area contributed by atoms with E-state index in [1.54, 1.807) is 0 Å². The quantitative estimate of drug-likeness (QED) is 0.698. The van der Waals surface area contributed by atoms with Crippen LogP contribution in [0.3, 0.4) is 0 Å². The molecule has 6 heteroatoms. The third-order valence-corrected chi connectivity index (χ3v) is 4.12. The molecule has 0 aromatic heterocycles. The Kier molecular flexibility index (Phi) is 3.28. The number of carbonyl (C=O) groups is 3. The van der Waals surface area contributed by atoms with Crippen molar-refractivity contribution in [2.24, 2.45) is 11.1 Å². The van der Waals surface area contributed by atoms with Crippen LogP contribution >= 0.6 is 0 Å². The lowest BCUT2D eigenvalue weighted by Gasteiger charge is -2.43. The summed E-state index contributed by atoms with van der Waals surface area (Å²) in [5.41, 5.74) is 3.99. The van der Waals surface area contributed by atoms with Gasteiger partial charge < -0.3 is 15.7 Å². The van der Waals surface area contributed by atoms with Crippen LogP contribution in [0, 0.1) is 5.41 Å². The van der Waals surface area contributed by atoms with E-state index in [0.717, 1.165) is 19.3 Å². The van der Waals surface area contributed by atoms with E-state index < -0.39 is 29.2 Å². The lowest BCUT2D eigenvalue weighted by Crippen LogP contribution is -2.59. The van der Waals surface area contributed by atoms with Crippen LogP contribution in [0.4, 0.5) is 0 Å². The normalized spacial score (nSPS) is 26.2. The van der Waals surface area contributed by atoms with E-state index in [9.17, 15) is 19.5 Å². The molecule has 1 aliphatic heterocycles. The zero-order chi connectivity index (χ0) is 13.3. The van der Waals surface area contributed by atoms with Crippen LogP contribution < -0.4 is 5.73 Å². The number of rotatable bonds is 3. The van der Waals surface area contributed by atoms with Crippen molar-refractivity contribution < 1.29 is 19.5 Å². The number of carbonyl (C=O) groups excluding carboxylic acids is 2. The molecule has 1 atom stereocenters. The molecule has 6 nitrogen and oxygen atoms in total. The maximum absolute atomic E-state index is 12.4. The number of piperidine rings is 1. The molecule has 0 radical (unpaired) electrons. The van der Waals surface area contributed by atoms with E-state index in [0.29, 0.717) is 25.8 Å². The standard InChI is InChI=1S/C12H18N2O4/c13-9(15)8-4-1-2-7-14(8)10(16)12(11(17)18)5-3-6-12/h8H,1-7H2,(H2,13,15)(H,17,18). The Hall–Kier alpha value is -1.59. The summed E-state index contributed by atoms with van der Waals surface area (Å²) in [6, 6.07) is -0.636. The van der Waals surface area contributed by atoms with Gasteiger partial charge in [-0.1, -0.05) is 6.42 Å². The molecule has 1 heterocycles. The van der Waals surface area contributed by atoms with E-state index in [4.69, 9.17) is 5.73 Å². The average Bonchev–Trinajstić information content (AvgIpc) is 2.26. The van der Waals surface area contributed by atoms with Crippen LogP contribution in [0.5, 0.6) is 0 Å². The highest BCUT2D eigenvalue weighted by Crippen LogP contribution is 2.43. The largest absolute Gasteiger partial charge is 0.480 e. The Balaban J connectivity index is 2.20. The van der Waals surface area contributed by atoms with Crippen molar-refractivity contribution in [3.63, 3.8) is 0 Å². The second-order valence-electron chi connectivity index (χ2n) is 5.15. The predicted molar refractivity (Wildman–Crippen MR) is 62.5 cm³/mol. The zero-order valence-corrected chi connectivity index (χ0v) is 10.2. The van der Waals surface area contributed by atoms with Gasteiger partial charge in [-0.2, -0.15) is 0 Å². The van der Waals surface area contributed by atoms with Gasteiger partial charge in [0.05, 0.1) is 0 Å². The van der Waals surface area contributed by atoms with Crippen LogP contribution in [0.1, 0.15) is 38.5 Å². The molecule has 0 aromatic carbocycles. The lowest BCUT2D eigenvalue weighted by atomic mass is 9.67. The Bertz CT molecular complexity index is 390. The molecule has 3 N–H and O–H groups in total. The second-order valence-corrected chi connectivity index (χ2v) is 5.15. The summed E-state index contributed by atoms with van der Waals surface area (Å²) in [4.78, 5) is 36.4. The molecule has 0 spiro atoms. The summed E-state index contributed by atoms with van der Waals surface area (Å²) in [6.45, 7) is 0.432. The minimum absolute atomic E-state index is 0.364. The molecule has 2 amide bonds. The number of likely N-dealkylation sites (tertiary alicyclic amines) is 1. The van der Waals surface area contributed by atoms with Gasteiger partial charge in [0, 0.05) is 6.54 Å². The first-order valence-electron chi connectivity index (χ1n) is 6.33. The monoisotopic (exact) mass is 254 g/mol. The molecule has 18 heavy (non-hydrogen) atoms. The van der Waals surface area contributed by atoms with Gasteiger partial charge in [-0.3, -0.25) is 14.4 Å². The maximum Gasteiger partial charge on any atom is 0.319 e. The molecular formula is C12H18N2O4. The third kappa shape index (κ3) is 1.85. The fourth-order valence-corrected chi connectivity index (χ4v) is 2.79. The molecule has 2 fully saturated rings. The molecule has 0 aromatic rings. The molecule has 1 saturated carbocycles. The maximum atomic E-state index is 12.4. The molecular weight excluding hydrogens is 236 g/mol. The topological polar surface area (TPSA) is 101 Å². The van der Waals surface area contributed by atoms with Gasteiger partial charge in [-0.15, -0.1) is 0 Å². The Morgan fingerprint density at radius 2 is 1.83 bits per heavy atom. The van der Waals surface area contributed by atoms with Crippen LogP contribution in [-0.4, -0.2) is 40.4 Å². The summed E-state index contributed by atoms with van der Waals surface area (Å²) in [6.07, 6.45) is 3.65. The smallest absolute Gasteiger partial charge is 0.319 e. The minimum atomic E-state index is -1.30. The van der Waals surface area contributed by atoms with Crippen molar-refractivity contribution in [2.75, 3.05) is 6.54 Å². The molecule has 0 bridgehead atoms. The molecule has 2 aliphatic rings. The summed E-state index contributed by atoms with van der Waals surface area (Å²) >= 11 is 0. The Labute approximate surface area is 105 Å². The first-order chi connectivity index (χ1) is 8.49. The van der Waals surface area contributed by atoms with E-state index in [-0.39, 0.29) is 0 Å². The van der Waals surface area contributed by atoms with E-state index in [2.05, 4.69) is 0 Å². The van der Waals surface area contributed by atoms with Crippen molar-refractivity contribution in [1.82, 2.24) is 4.90 Å². The Morgan fingerprint density at radius 1 is 1.17 bits per heavy atom. The highest BCUT2D eigenvalue weighted by molar-refractivity contribution is 6.04. The number of aliphatic carboxylic acids is 1. The van der Waals surface area contributed by atoms with Gasteiger partial charge in [0.25, 0.3) is 0 Å². The second kappa shape index (κ2) is 4.59. The van der Waals surface area contributed by atoms with Gasteiger partial charge in [-0.25, -0.2) is 0 Å². The van der Waals surface area contributed by atoms with Crippen molar-refractivity contribution in [3.8, 4) is 0 Å². The van der Waals surface area contributed by atoms with Crippen molar-refractivity contribution in [3.05, 3.63) is 0 Å². The lowest BCUT2D eigenvalue weighted by molar-refractivity contribution is -0.170. The average molecular weight is 254 g/mol. The summed E-state index contributed by atoms with van der Waals surface area (Å²) in [5.74, 6) is -2.04. The summed E-state index contributed by atoms with van der Waals surface area (Å²) < 4.78 is 0. The number of nitrogens with two attached hydrogens (primary N) is 1. The van der Waals surface area contributed by atoms with Gasteiger partial charge in [0.1, 0.15) is 11.5 Å². The fourth-order valence-electron chi connectivity index (χ4n) is 2.79.